The fourth-order valence-electron chi connectivity index (χ4n) is 2.60. The predicted molar refractivity (Wildman–Crippen MR) is 103 cm³/mol. The summed E-state index contributed by atoms with van der Waals surface area (Å²) < 4.78 is 37.9. The lowest BCUT2D eigenvalue weighted by Crippen LogP contribution is -2.33. The maximum absolute atomic E-state index is 13.0. The van der Waals surface area contributed by atoms with Crippen molar-refractivity contribution in [2.75, 3.05) is 20.3 Å². The van der Waals surface area contributed by atoms with Crippen molar-refractivity contribution in [3.63, 3.8) is 0 Å². The number of aromatic nitrogens is 1. The zero-order valence-electron chi connectivity index (χ0n) is 15.3. The number of nitrogens with zero attached hydrogens (tertiary/aromatic N) is 3. The van der Waals surface area contributed by atoms with Crippen LogP contribution >= 0.6 is 0 Å². The predicted octanol–water partition coefficient (Wildman–Crippen LogP) is 3.05. The number of oxazole rings is 1. The Balaban J connectivity index is 1.86. The molecule has 3 aromatic rings. The Morgan fingerprint density at radius 3 is 2.50 bits per heavy atom. The van der Waals surface area contributed by atoms with E-state index in [1.165, 1.54) is 41.9 Å². The van der Waals surface area contributed by atoms with Gasteiger partial charge in [-0.3, -0.25) is 0 Å². The van der Waals surface area contributed by atoms with Gasteiger partial charge in [-0.05, 0) is 36.4 Å². The molecule has 3 rings (SSSR count). The largest absolute Gasteiger partial charge is 0.444 e. The van der Waals surface area contributed by atoms with Gasteiger partial charge in [0.25, 0.3) is 0 Å². The van der Waals surface area contributed by atoms with Crippen molar-refractivity contribution in [3.05, 3.63) is 72.1 Å². The highest BCUT2D eigenvalue weighted by molar-refractivity contribution is 7.89. The quantitative estimate of drug-likeness (QED) is 0.580. The third kappa shape index (κ3) is 4.46. The second kappa shape index (κ2) is 8.80. The van der Waals surface area contributed by atoms with Gasteiger partial charge in [-0.25, -0.2) is 13.4 Å². The lowest BCUT2D eigenvalue weighted by Gasteiger charge is -2.20. The van der Waals surface area contributed by atoms with E-state index in [-0.39, 0.29) is 24.6 Å². The molecule has 28 heavy (non-hydrogen) atoms. The molecule has 0 aliphatic rings. The van der Waals surface area contributed by atoms with Gasteiger partial charge < -0.3 is 9.15 Å². The smallest absolute Gasteiger partial charge is 0.243 e. The van der Waals surface area contributed by atoms with Gasteiger partial charge >= 0.3 is 0 Å². The molecule has 0 bridgehead atoms. The number of sulfonamides is 1. The minimum absolute atomic E-state index is 0.0437. The third-order valence-corrected chi connectivity index (χ3v) is 5.94. The van der Waals surface area contributed by atoms with Gasteiger partial charge in [-0.2, -0.15) is 9.57 Å². The van der Waals surface area contributed by atoms with Gasteiger partial charge in [-0.15, -0.1) is 0 Å². The highest BCUT2D eigenvalue weighted by Gasteiger charge is 2.25. The van der Waals surface area contributed by atoms with E-state index in [1.54, 1.807) is 0 Å². The van der Waals surface area contributed by atoms with Crippen LogP contribution in [0.5, 0.6) is 0 Å². The Morgan fingerprint density at radius 2 is 1.86 bits per heavy atom. The summed E-state index contributed by atoms with van der Waals surface area (Å²) in [5.74, 6) is 0.429. The van der Waals surface area contributed by atoms with Crippen molar-refractivity contribution in [1.82, 2.24) is 9.29 Å². The van der Waals surface area contributed by atoms with Crippen molar-refractivity contribution >= 4 is 10.0 Å². The molecule has 0 spiro atoms. The average Bonchev–Trinajstić information content (AvgIpc) is 3.20. The first kappa shape index (κ1) is 19.8. The highest BCUT2D eigenvalue weighted by atomic mass is 32.2. The number of hydrogen-bond donors (Lipinski definition) is 0. The second-order valence-corrected chi connectivity index (χ2v) is 7.92. The summed E-state index contributed by atoms with van der Waals surface area (Å²) in [5, 5.41) is 8.90. The molecule has 144 valence electrons. The lowest BCUT2D eigenvalue weighted by atomic mass is 10.2. The van der Waals surface area contributed by atoms with E-state index in [4.69, 9.17) is 14.4 Å². The summed E-state index contributed by atoms with van der Waals surface area (Å²) in [6.07, 6.45) is 1.45. The van der Waals surface area contributed by atoms with Crippen molar-refractivity contribution in [2.45, 2.75) is 11.4 Å². The zero-order valence-corrected chi connectivity index (χ0v) is 16.1. The standard InChI is InChI=1S/C20H19N3O4S/c1-26-12-11-23(28(24,25)19-9-7-16(13-21)8-10-19)14-18-15-27-20(22-18)17-5-3-2-4-6-17/h2-10,15H,11-12,14H2,1H3. The Hall–Kier alpha value is -2.99. The van der Waals surface area contributed by atoms with Crippen LogP contribution in [0, 0.1) is 11.3 Å². The van der Waals surface area contributed by atoms with Crippen LogP contribution in [0.25, 0.3) is 11.5 Å². The summed E-state index contributed by atoms with van der Waals surface area (Å²) in [4.78, 5) is 4.51. The molecule has 0 amide bonds. The molecule has 0 N–H and O–H groups in total. The van der Waals surface area contributed by atoms with Gasteiger partial charge in [-0.1, -0.05) is 18.2 Å². The first-order valence-electron chi connectivity index (χ1n) is 8.53. The molecule has 0 aliphatic carbocycles. The van der Waals surface area contributed by atoms with E-state index in [9.17, 15) is 8.42 Å². The van der Waals surface area contributed by atoms with Crippen LogP contribution in [0.15, 0.2) is 70.2 Å². The number of rotatable bonds is 8. The maximum atomic E-state index is 13.0. The number of nitriles is 1. The van der Waals surface area contributed by atoms with E-state index in [2.05, 4.69) is 4.98 Å². The van der Waals surface area contributed by atoms with Crippen LogP contribution in [0.4, 0.5) is 0 Å². The minimum Gasteiger partial charge on any atom is -0.444 e. The normalized spacial score (nSPS) is 11.5. The molecule has 0 fully saturated rings. The first-order valence-corrected chi connectivity index (χ1v) is 9.97. The SMILES string of the molecule is COCCN(Cc1coc(-c2ccccc2)n1)S(=O)(=O)c1ccc(C#N)cc1. The monoisotopic (exact) mass is 397 g/mol. The van der Waals surface area contributed by atoms with Gasteiger partial charge in [0.15, 0.2) is 0 Å². The van der Waals surface area contributed by atoms with E-state index in [0.29, 0.717) is 17.1 Å². The van der Waals surface area contributed by atoms with Crippen LogP contribution < -0.4 is 0 Å². The second-order valence-electron chi connectivity index (χ2n) is 5.98. The van der Waals surface area contributed by atoms with Crippen LogP contribution in [0.2, 0.25) is 0 Å². The zero-order chi connectivity index (χ0) is 20.0. The molecule has 0 radical (unpaired) electrons. The summed E-state index contributed by atoms with van der Waals surface area (Å²) in [6, 6.07) is 17.2. The lowest BCUT2D eigenvalue weighted by molar-refractivity contribution is 0.177. The van der Waals surface area contributed by atoms with Crippen LogP contribution in [0.3, 0.4) is 0 Å². The molecule has 7 nitrogen and oxygen atoms in total. The van der Waals surface area contributed by atoms with Gasteiger partial charge in [0.1, 0.15) is 6.26 Å². The van der Waals surface area contributed by atoms with E-state index in [1.807, 2.05) is 36.4 Å². The minimum atomic E-state index is -3.79. The van der Waals surface area contributed by atoms with Crippen LogP contribution in [0.1, 0.15) is 11.3 Å². The summed E-state index contributed by atoms with van der Waals surface area (Å²) >= 11 is 0. The van der Waals surface area contributed by atoms with Gasteiger partial charge in [0.2, 0.25) is 15.9 Å². The number of benzene rings is 2. The molecule has 0 aliphatic heterocycles. The third-order valence-electron chi connectivity index (χ3n) is 4.08. The first-order chi connectivity index (χ1) is 13.5. The van der Waals surface area contributed by atoms with Gasteiger partial charge in [0, 0.05) is 19.2 Å². The molecule has 8 heteroatoms. The molecule has 1 aromatic heterocycles. The molecule has 0 saturated carbocycles. The topological polar surface area (TPSA) is 96.4 Å². The molecule has 0 atom stereocenters. The van der Waals surface area contributed by atoms with Crippen molar-refractivity contribution < 1.29 is 17.6 Å². The average molecular weight is 397 g/mol. The summed E-state index contributed by atoms with van der Waals surface area (Å²) in [5.41, 5.74) is 1.70. The van der Waals surface area contributed by atoms with Gasteiger partial charge in [0.05, 0.1) is 35.4 Å². The molecule has 2 aromatic carbocycles. The molecule has 0 unspecified atom stereocenters. The fraction of sp³-hybridized carbons (Fsp3) is 0.200. The highest BCUT2D eigenvalue weighted by Crippen LogP contribution is 2.22. The summed E-state index contributed by atoms with van der Waals surface area (Å²) in [6.45, 7) is 0.438. The maximum Gasteiger partial charge on any atom is 0.243 e. The van der Waals surface area contributed by atoms with Crippen molar-refractivity contribution in [1.29, 1.82) is 5.26 Å². The number of methoxy groups -OCH3 is 1. The van der Waals surface area contributed by atoms with E-state index >= 15 is 0 Å². The Morgan fingerprint density at radius 1 is 1.14 bits per heavy atom. The molecule has 1 heterocycles. The van der Waals surface area contributed by atoms with E-state index in [0.717, 1.165) is 5.56 Å². The van der Waals surface area contributed by atoms with Crippen LogP contribution in [-0.4, -0.2) is 38.0 Å². The molecular weight excluding hydrogens is 378 g/mol. The Kier molecular flexibility index (Phi) is 6.21. The Labute approximate surface area is 163 Å². The van der Waals surface area contributed by atoms with Crippen LogP contribution in [-0.2, 0) is 21.3 Å². The Bertz CT molecular complexity index is 1050. The number of ether oxygens (including phenoxy) is 1. The fourth-order valence-corrected chi connectivity index (χ4v) is 4.00. The van der Waals surface area contributed by atoms with Crippen molar-refractivity contribution in [2.24, 2.45) is 0 Å². The molecule has 0 saturated heterocycles. The molecular formula is C20H19N3O4S. The number of hydrogen-bond acceptors (Lipinski definition) is 6. The van der Waals surface area contributed by atoms with E-state index < -0.39 is 10.0 Å². The van der Waals surface area contributed by atoms with Crippen molar-refractivity contribution in [3.8, 4) is 17.5 Å². The summed E-state index contributed by atoms with van der Waals surface area (Å²) in [7, 11) is -2.28.